The maximum atomic E-state index is 11.2. The SMILES string of the molecule is O=C1C=CC(=O)N1c1ccccc1.[N-]=[N+]=NS(=O)(=O)N=[N+]=[N-]. The van der Waals surface area contributed by atoms with Gasteiger partial charge in [-0.25, -0.2) is 13.3 Å². The van der Waals surface area contributed by atoms with Gasteiger partial charge in [-0.15, -0.1) is 0 Å². The van der Waals surface area contributed by atoms with Crippen molar-refractivity contribution in [2.45, 2.75) is 0 Å². The highest BCUT2D eigenvalue weighted by molar-refractivity contribution is 7.88. The van der Waals surface area contributed by atoms with Crippen LogP contribution in [0.25, 0.3) is 20.9 Å². The maximum absolute atomic E-state index is 11.2. The molecular weight excluding hydrogens is 314 g/mol. The lowest BCUT2D eigenvalue weighted by Crippen LogP contribution is -2.29. The van der Waals surface area contributed by atoms with Crippen molar-refractivity contribution in [3.8, 4) is 0 Å². The van der Waals surface area contributed by atoms with Crippen LogP contribution in [0.5, 0.6) is 0 Å². The smallest absolute Gasteiger partial charge is 0.269 e. The van der Waals surface area contributed by atoms with E-state index in [-0.39, 0.29) is 11.8 Å². The molecule has 0 saturated carbocycles. The van der Waals surface area contributed by atoms with Crippen molar-refractivity contribution < 1.29 is 18.0 Å². The Bertz CT molecular complexity index is 763. The van der Waals surface area contributed by atoms with Crippen LogP contribution in [0.4, 0.5) is 5.69 Å². The summed E-state index contributed by atoms with van der Waals surface area (Å²) in [6, 6.07) is 8.86. The molecule has 0 atom stereocenters. The number of carbonyl (C=O) groups excluding carboxylic acids is 2. The van der Waals surface area contributed by atoms with E-state index in [0.29, 0.717) is 5.69 Å². The highest BCUT2D eigenvalue weighted by Crippen LogP contribution is 2.17. The van der Waals surface area contributed by atoms with E-state index in [1.807, 2.05) is 15.9 Å². The summed E-state index contributed by atoms with van der Waals surface area (Å²) >= 11 is 0. The van der Waals surface area contributed by atoms with Crippen LogP contribution in [0.1, 0.15) is 0 Å². The molecule has 1 aromatic carbocycles. The number of azide groups is 1. The van der Waals surface area contributed by atoms with Gasteiger partial charge >= 0.3 is 10.2 Å². The number of para-hydroxylation sites is 1. The van der Waals surface area contributed by atoms with Gasteiger partial charge in [0.25, 0.3) is 11.8 Å². The molecule has 12 heteroatoms. The fourth-order valence-electron chi connectivity index (χ4n) is 1.34. The Balaban J connectivity index is 0.000000239. The van der Waals surface area contributed by atoms with Crippen molar-refractivity contribution >= 4 is 27.7 Å². The fraction of sp³-hybridized carbons (Fsp3) is 0. The van der Waals surface area contributed by atoms with Gasteiger partial charge in [0.1, 0.15) is 0 Å². The van der Waals surface area contributed by atoms with Crippen molar-refractivity contribution in [2.75, 3.05) is 4.90 Å². The van der Waals surface area contributed by atoms with Gasteiger partial charge in [-0.3, -0.25) is 9.59 Å². The monoisotopic (exact) mass is 321 g/mol. The molecule has 112 valence electrons. The third-order valence-electron chi connectivity index (χ3n) is 2.10. The van der Waals surface area contributed by atoms with Gasteiger partial charge in [-0.2, -0.15) is 0 Å². The zero-order valence-electron chi connectivity index (χ0n) is 10.7. The zero-order valence-corrected chi connectivity index (χ0v) is 11.5. The van der Waals surface area contributed by atoms with E-state index in [9.17, 15) is 18.0 Å². The number of benzene rings is 1. The van der Waals surface area contributed by atoms with E-state index >= 15 is 0 Å². The van der Waals surface area contributed by atoms with Gasteiger partial charge in [0, 0.05) is 31.0 Å². The lowest BCUT2D eigenvalue weighted by molar-refractivity contribution is -0.119. The molecule has 0 unspecified atom stereocenters. The molecule has 0 bridgehead atoms. The van der Waals surface area contributed by atoms with Gasteiger partial charge < -0.3 is 0 Å². The number of hydrogen-bond acceptors (Lipinski definition) is 4. The molecule has 22 heavy (non-hydrogen) atoms. The summed E-state index contributed by atoms with van der Waals surface area (Å²) in [5.41, 5.74) is 15.7. The van der Waals surface area contributed by atoms with Crippen molar-refractivity contribution in [2.24, 2.45) is 9.04 Å². The largest absolute Gasteiger partial charge is 0.321 e. The Labute approximate surface area is 123 Å². The van der Waals surface area contributed by atoms with Crippen LogP contribution in [0.15, 0.2) is 51.5 Å². The Hall–Kier alpha value is -3.33. The molecule has 11 nitrogen and oxygen atoms in total. The molecule has 0 N–H and O–H groups in total. The molecule has 0 saturated heterocycles. The molecule has 1 aliphatic rings. The van der Waals surface area contributed by atoms with Crippen LogP contribution >= 0.6 is 0 Å². The first-order chi connectivity index (χ1) is 10.4. The number of imide groups is 1. The first kappa shape index (κ1) is 16.7. The quantitative estimate of drug-likeness (QED) is 0.359. The lowest BCUT2D eigenvalue weighted by atomic mass is 10.3. The van der Waals surface area contributed by atoms with E-state index in [0.717, 1.165) is 4.90 Å². The number of carbonyl (C=O) groups is 2. The van der Waals surface area contributed by atoms with E-state index < -0.39 is 10.2 Å². The second-order valence-corrected chi connectivity index (χ2v) is 4.69. The Morgan fingerprint density at radius 1 is 0.909 bits per heavy atom. The summed E-state index contributed by atoms with van der Waals surface area (Å²) in [5.74, 6) is -0.563. The average Bonchev–Trinajstić information content (AvgIpc) is 2.79. The van der Waals surface area contributed by atoms with Crippen LogP contribution in [0.2, 0.25) is 0 Å². The zero-order chi connectivity index (χ0) is 16.6. The van der Waals surface area contributed by atoms with Gasteiger partial charge in [-0.05, 0) is 23.2 Å². The molecule has 0 fully saturated rings. The average molecular weight is 321 g/mol. The van der Waals surface area contributed by atoms with E-state index in [1.165, 1.54) is 12.2 Å². The summed E-state index contributed by atoms with van der Waals surface area (Å²) in [5, 5.41) is 0. The number of amides is 2. The first-order valence-corrected chi connectivity index (χ1v) is 6.80. The summed E-state index contributed by atoms with van der Waals surface area (Å²) in [6.07, 6.45) is 2.55. The maximum Gasteiger partial charge on any atom is 0.321 e. The molecule has 0 radical (unpaired) electrons. The predicted molar refractivity (Wildman–Crippen MR) is 75.3 cm³/mol. The second-order valence-electron chi connectivity index (χ2n) is 3.47. The molecule has 0 aromatic heterocycles. The van der Waals surface area contributed by atoms with Crippen molar-refractivity contribution in [1.29, 1.82) is 0 Å². The highest BCUT2D eigenvalue weighted by atomic mass is 32.2. The minimum absolute atomic E-state index is 0.281. The first-order valence-electron chi connectivity index (χ1n) is 5.40. The fourth-order valence-corrected chi connectivity index (χ4v) is 1.56. The number of hydrogen-bond donors (Lipinski definition) is 0. The number of rotatable bonds is 3. The Morgan fingerprint density at radius 2 is 1.36 bits per heavy atom. The van der Waals surface area contributed by atoms with Crippen molar-refractivity contribution in [3.63, 3.8) is 0 Å². The number of anilines is 1. The standard InChI is InChI=1S/C10H7NO2.N6O2S/c12-9-6-7-10(13)11(9)8-4-2-1-3-5-8;1-3-5-9(7,8)6-4-2/h1-7H;. The van der Waals surface area contributed by atoms with Crippen LogP contribution in [0, 0.1) is 0 Å². The van der Waals surface area contributed by atoms with Crippen LogP contribution in [-0.2, 0) is 19.8 Å². The minimum Gasteiger partial charge on any atom is -0.269 e. The Morgan fingerprint density at radius 3 is 1.77 bits per heavy atom. The second kappa shape index (κ2) is 7.45. The van der Waals surface area contributed by atoms with Gasteiger partial charge in [-0.1, -0.05) is 18.2 Å². The highest BCUT2D eigenvalue weighted by Gasteiger charge is 2.24. The van der Waals surface area contributed by atoms with E-state index in [1.54, 1.807) is 24.3 Å². The summed E-state index contributed by atoms with van der Waals surface area (Å²) < 4.78 is 24.3. The summed E-state index contributed by atoms with van der Waals surface area (Å²) in [6.45, 7) is 0. The number of nitrogens with zero attached hydrogens (tertiary/aromatic N) is 7. The topological polar surface area (TPSA) is 169 Å². The van der Waals surface area contributed by atoms with Crippen molar-refractivity contribution in [1.82, 2.24) is 0 Å². The molecule has 1 aromatic rings. The molecular formula is C10H7N7O4S. The molecule has 0 aliphatic carbocycles. The normalized spacial score (nSPS) is 12.8. The van der Waals surface area contributed by atoms with Gasteiger partial charge in [0.2, 0.25) is 0 Å². The lowest BCUT2D eigenvalue weighted by Gasteiger charge is -2.12. The molecule has 0 spiro atoms. The summed E-state index contributed by atoms with van der Waals surface area (Å²) in [4.78, 5) is 27.3. The summed E-state index contributed by atoms with van der Waals surface area (Å²) in [7, 11) is -4.27. The molecule has 2 rings (SSSR count). The van der Waals surface area contributed by atoms with E-state index in [4.69, 9.17) is 11.1 Å². The molecule has 1 aliphatic heterocycles. The van der Waals surface area contributed by atoms with Gasteiger partial charge in [0.15, 0.2) is 0 Å². The van der Waals surface area contributed by atoms with E-state index in [2.05, 4.69) is 9.04 Å². The predicted octanol–water partition coefficient (Wildman–Crippen LogP) is 1.97. The van der Waals surface area contributed by atoms with Crippen LogP contribution in [-0.4, -0.2) is 20.2 Å². The van der Waals surface area contributed by atoms with Crippen LogP contribution in [0.3, 0.4) is 0 Å². The molecule has 2 amide bonds. The third kappa shape index (κ3) is 4.65. The van der Waals surface area contributed by atoms with Crippen molar-refractivity contribution in [3.05, 3.63) is 63.4 Å². The van der Waals surface area contributed by atoms with Gasteiger partial charge in [0.05, 0.1) is 5.69 Å². The van der Waals surface area contributed by atoms with Crippen LogP contribution < -0.4 is 4.90 Å². The third-order valence-corrected chi connectivity index (χ3v) is 2.66. The Kier molecular flexibility index (Phi) is 5.66. The minimum atomic E-state index is -4.27. The molecule has 1 heterocycles.